The second-order valence-electron chi connectivity index (χ2n) is 30.5. The first-order valence-electron chi connectivity index (χ1n) is 43.6. The van der Waals surface area contributed by atoms with E-state index in [0.717, 1.165) is 89.9 Å². The molecule has 2 unspecified atom stereocenters. The number of nitrogens with zero attached hydrogens (tertiary/aromatic N) is 1. The Bertz CT molecular complexity index is 2100. The number of ether oxygens (including phenoxy) is 2. The van der Waals surface area contributed by atoms with Gasteiger partial charge in [0.15, 0.2) is 6.10 Å². The minimum atomic E-state index is -4.40. The number of quaternary nitrogens is 1. The average Bonchev–Trinajstić information content (AvgIpc) is 0.914. The zero-order valence-electron chi connectivity index (χ0n) is 67.8. The van der Waals surface area contributed by atoms with E-state index in [4.69, 9.17) is 18.5 Å². The van der Waals surface area contributed by atoms with Crippen LogP contribution in [0.4, 0.5) is 0 Å². The Hall–Kier alpha value is -3.33. The van der Waals surface area contributed by atoms with Crippen molar-refractivity contribution in [3.05, 3.63) is 109 Å². The summed E-state index contributed by atoms with van der Waals surface area (Å²) in [5.41, 5.74) is 0. The van der Waals surface area contributed by atoms with E-state index in [0.29, 0.717) is 23.9 Å². The molecule has 0 bridgehead atoms. The molecule has 0 saturated carbocycles. The monoisotopic (exact) mass is 1450 g/mol. The quantitative estimate of drug-likeness (QED) is 0.0211. The second-order valence-corrected chi connectivity index (χ2v) is 32.0. The van der Waals surface area contributed by atoms with Gasteiger partial charge in [0.05, 0.1) is 27.7 Å². The normalized spacial score (nSPS) is 13.5. The number of rotatable bonds is 81. The van der Waals surface area contributed by atoms with Crippen LogP contribution >= 0.6 is 7.82 Å². The van der Waals surface area contributed by atoms with Gasteiger partial charge in [-0.2, -0.15) is 0 Å². The molecule has 0 aromatic carbocycles. The van der Waals surface area contributed by atoms with Crippen molar-refractivity contribution in [3.8, 4) is 0 Å². The van der Waals surface area contributed by atoms with E-state index < -0.39 is 26.5 Å². The molecule has 0 fully saturated rings. The third-order valence-electron chi connectivity index (χ3n) is 19.3. The number of carbonyl (C=O) groups excluding carboxylic acids is 2. The molecule has 102 heavy (non-hydrogen) atoms. The maximum absolute atomic E-state index is 12.9. The molecule has 0 aliphatic carbocycles. The standard InChI is InChI=1S/C92H166NO8P/c1-6-8-10-12-14-16-18-20-22-24-26-28-30-32-34-36-38-40-42-44-46-48-50-52-54-56-58-60-62-64-66-68-70-72-74-76-78-80-82-84-91(94)98-88-90(89-100-102(96,97)99-87-86-93(3,4)5)101-92(95)85-83-81-79-77-75-73-71-69-67-65-63-61-59-57-55-53-51-49-47-45-43-41-39-37-35-33-31-29-27-25-23-21-19-17-15-13-11-9-7-2/h8-11,14-17,20-23,26-29,33,35,90H,6-7,12-13,18-19,24-25,30-32,34,36-89H2,1-5H3/p+1/b10-8-,11-9-,16-14-,17-15-,22-20-,23-21-,28-26-,29-27-,35-33-. The second kappa shape index (κ2) is 81.7. The molecule has 9 nitrogen and oxygen atoms in total. The smallest absolute Gasteiger partial charge is 0.462 e. The van der Waals surface area contributed by atoms with Crippen LogP contribution in [0.15, 0.2) is 109 Å². The summed E-state index contributed by atoms with van der Waals surface area (Å²) in [6.45, 7) is 4.27. The summed E-state index contributed by atoms with van der Waals surface area (Å²) in [5.74, 6) is -0.775. The first-order valence-corrected chi connectivity index (χ1v) is 45.1. The number of carbonyl (C=O) groups is 2. The molecule has 592 valence electrons. The molecule has 0 radical (unpaired) electrons. The number of unbranched alkanes of at least 4 members (excludes halogenated alkanes) is 49. The summed E-state index contributed by atoms with van der Waals surface area (Å²) in [6, 6.07) is 0. The van der Waals surface area contributed by atoms with Crippen LogP contribution in [0.5, 0.6) is 0 Å². The number of likely N-dealkylation sites (N-methyl/N-ethyl adjacent to an activating group) is 1. The number of phosphoric ester groups is 1. The molecular weight excluding hydrogens is 1280 g/mol. The van der Waals surface area contributed by atoms with E-state index in [2.05, 4.69) is 123 Å². The number of esters is 2. The Labute approximate surface area is 633 Å². The van der Waals surface area contributed by atoms with E-state index in [1.54, 1.807) is 0 Å². The van der Waals surface area contributed by atoms with E-state index in [1.165, 1.54) is 289 Å². The Kier molecular flexibility index (Phi) is 79.1. The molecule has 0 heterocycles. The minimum absolute atomic E-state index is 0.0326. The minimum Gasteiger partial charge on any atom is -0.462 e. The summed E-state index contributed by atoms with van der Waals surface area (Å²) in [4.78, 5) is 36.1. The molecule has 0 aromatic heterocycles. The molecule has 0 aliphatic heterocycles. The largest absolute Gasteiger partial charge is 0.472 e. The van der Waals surface area contributed by atoms with Crippen LogP contribution in [0.1, 0.15) is 412 Å². The lowest BCUT2D eigenvalue weighted by atomic mass is 10.0. The highest BCUT2D eigenvalue weighted by molar-refractivity contribution is 7.47. The molecule has 1 N–H and O–H groups in total. The third-order valence-corrected chi connectivity index (χ3v) is 20.3. The Balaban J connectivity index is 3.87. The first-order chi connectivity index (χ1) is 50.0. The first kappa shape index (κ1) is 98.7. The Morgan fingerprint density at radius 3 is 0.784 bits per heavy atom. The van der Waals surface area contributed by atoms with Crippen LogP contribution in [0.25, 0.3) is 0 Å². The maximum Gasteiger partial charge on any atom is 0.472 e. The van der Waals surface area contributed by atoms with Gasteiger partial charge in [0.2, 0.25) is 0 Å². The van der Waals surface area contributed by atoms with Gasteiger partial charge in [0.25, 0.3) is 0 Å². The number of phosphoric acid groups is 1. The van der Waals surface area contributed by atoms with Crippen molar-refractivity contribution in [2.45, 2.75) is 418 Å². The van der Waals surface area contributed by atoms with Crippen molar-refractivity contribution in [2.75, 3.05) is 47.5 Å². The van der Waals surface area contributed by atoms with Crippen molar-refractivity contribution in [1.29, 1.82) is 0 Å². The fraction of sp³-hybridized carbons (Fsp3) is 0.783. The summed E-state index contributed by atoms with van der Waals surface area (Å²) < 4.78 is 34.9. The van der Waals surface area contributed by atoms with Crippen molar-refractivity contribution < 1.29 is 42.1 Å². The molecule has 0 rings (SSSR count). The van der Waals surface area contributed by atoms with Crippen molar-refractivity contribution >= 4 is 19.8 Å². The van der Waals surface area contributed by atoms with Gasteiger partial charge >= 0.3 is 19.8 Å². The Morgan fingerprint density at radius 2 is 0.529 bits per heavy atom. The van der Waals surface area contributed by atoms with Crippen LogP contribution in [0.2, 0.25) is 0 Å². The molecule has 2 atom stereocenters. The van der Waals surface area contributed by atoms with Crippen LogP contribution < -0.4 is 0 Å². The highest BCUT2D eigenvalue weighted by Gasteiger charge is 2.27. The fourth-order valence-corrected chi connectivity index (χ4v) is 13.5. The van der Waals surface area contributed by atoms with Gasteiger partial charge in [-0.15, -0.1) is 0 Å². The highest BCUT2D eigenvalue weighted by atomic mass is 31.2. The summed E-state index contributed by atoms with van der Waals surface area (Å²) in [5, 5.41) is 0. The van der Waals surface area contributed by atoms with Gasteiger partial charge < -0.3 is 18.9 Å². The van der Waals surface area contributed by atoms with Gasteiger partial charge in [-0.25, -0.2) is 4.57 Å². The lowest BCUT2D eigenvalue weighted by molar-refractivity contribution is -0.870. The molecule has 10 heteroatoms. The number of hydrogen-bond donors (Lipinski definition) is 1. The highest BCUT2D eigenvalue weighted by Crippen LogP contribution is 2.43. The van der Waals surface area contributed by atoms with E-state index >= 15 is 0 Å². The van der Waals surface area contributed by atoms with E-state index in [1.807, 2.05) is 21.1 Å². The number of allylic oxidation sites excluding steroid dienone is 18. The van der Waals surface area contributed by atoms with Crippen molar-refractivity contribution in [2.24, 2.45) is 0 Å². The van der Waals surface area contributed by atoms with Crippen molar-refractivity contribution in [1.82, 2.24) is 0 Å². The third kappa shape index (κ3) is 85.6. The van der Waals surface area contributed by atoms with Crippen LogP contribution in [0.3, 0.4) is 0 Å². The van der Waals surface area contributed by atoms with Crippen LogP contribution in [0, 0.1) is 0 Å². The predicted octanol–water partition coefficient (Wildman–Crippen LogP) is 29.5. The summed E-state index contributed by atoms with van der Waals surface area (Å²) in [6.07, 6.45) is 117. The molecule has 0 spiro atoms. The van der Waals surface area contributed by atoms with Crippen LogP contribution in [-0.4, -0.2) is 74.9 Å². The van der Waals surface area contributed by atoms with Gasteiger partial charge in [0, 0.05) is 12.8 Å². The van der Waals surface area contributed by atoms with Crippen molar-refractivity contribution in [3.63, 3.8) is 0 Å². The zero-order chi connectivity index (χ0) is 74.0. The van der Waals surface area contributed by atoms with Gasteiger partial charge in [-0.1, -0.05) is 412 Å². The molecule has 0 amide bonds. The molecular formula is C92H167NO8P+. The molecule has 0 aliphatic rings. The number of hydrogen-bond acceptors (Lipinski definition) is 7. The Morgan fingerprint density at radius 1 is 0.304 bits per heavy atom. The lowest BCUT2D eigenvalue weighted by Crippen LogP contribution is -2.37. The molecule has 0 saturated heterocycles. The summed E-state index contributed by atoms with van der Waals surface area (Å²) >= 11 is 0. The predicted molar refractivity (Wildman–Crippen MR) is 445 cm³/mol. The van der Waals surface area contributed by atoms with Gasteiger partial charge in [-0.3, -0.25) is 18.6 Å². The van der Waals surface area contributed by atoms with E-state index in [-0.39, 0.29) is 25.6 Å². The lowest BCUT2D eigenvalue weighted by Gasteiger charge is -2.24. The zero-order valence-corrected chi connectivity index (χ0v) is 68.7. The maximum atomic E-state index is 12.9. The SMILES string of the molecule is CC/C=C\C/C=C\C/C=C\C/C=C\C/C=C\CCCCCCCCCCCCCCCCCCCCCCCCCC(=O)OC(COC(=O)CCCCCCCCCCCCCCCCCCCCCCCCCCCC/C=C\C/C=C\C/C=C\C/C=C\CC)COP(=O)(O)OCC[N+](C)(C)C. The fourth-order valence-electron chi connectivity index (χ4n) is 12.7. The topological polar surface area (TPSA) is 108 Å². The molecule has 0 aromatic rings. The van der Waals surface area contributed by atoms with E-state index in [9.17, 15) is 19.0 Å². The van der Waals surface area contributed by atoms with Crippen LogP contribution in [-0.2, 0) is 32.7 Å². The van der Waals surface area contributed by atoms with Gasteiger partial charge in [-0.05, 0) is 96.3 Å². The average molecular weight is 1450 g/mol. The van der Waals surface area contributed by atoms with Gasteiger partial charge in [0.1, 0.15) is 19.8 Å². The summed E-state index contributed by atoms with van der Waals surface area (Å²) in [7, 11) is 1.50.